The average molecular weight is 567 g/mol. The summed E-state index contributed by atoms with van der Waals surface area (Å²) >= 11 is 0. The van der Waals surface area contributed by atoms with E-state index in [-0.39, 0.29) is 45.1 Å². The number of halogens is 6. The topological polar surface area (TPSA) is 74.4 Å². The number of phenolic OH excluding ortho intramolecular Hbond substituents is 2. The van der Waals surface area contributed by atoms with E-state index < -0.39 is 35.3 Å². The van der Waals surface area contributed by atoms with Gasteiger partial charge in [-0.1, -0.05) is 27.7 Å². The zero-order chi connectivity index (χ0) is 30.0. The molecule has 2 N–H and O–H groups in total. The molecule has 11 heteroatoms. The summed E-state index contributed by atoms with van der Waals surface area (Å²) in [6, 6.07) is 7.67. The first kappa shape index (κ1) is 30.5. The van der Waals surface area contributed by atoms with Crippen LogP contribution in [-0.2, 0) is 12.4 Å². The number of benzene rings is 3. The SMILES string of the molecule is COc1ccc(N=Cc2cc(C(F)(F)F)cc(C(C)C)c2O)c(N=Cc2cc(C(F)(F)F)cc(C(C)C)c2O)c1. The molecule has 214 valence electrons. The van der Waals surface area contributed by atoms with Crippen molar-refractivity contribution in [2.75, 3.05) is 7.11 Å². The molecule has 0 aromatic heterocycles. The van der Waals surface area contributed by atoms with Crippen LogP contribution in [0.15, 0.2) is 52.4 Å². The second kappa shape index (κ2) is 11.6. The van der Waals surface area contributed by atoms with Gasteiger partial charge in [0.15, 0.2) is 0 Å². The molecule has 0 atom stereocenters. The van der Waals surface area contributed by atoms with Crippen molar-refractivity contribution in [2.45, 2.75) is 51.9 Å². The minimum Gasteiger partial charge on any atom is -0.507 e. The van der Waals surface area contributed by atoms with Gasteiger partial charge in [0.2, 0.25) is 0 Å². The van der Waals surface area contributed by atoms with E-state index in [0.29, 0.717) is 5.75 Å². The normalized spacial score (nSPS) is 12.8. The Balaban J connectivity index is 2.13. The Labute approximate surface area is 227 Å². The zero-order valence-electron chi connectivity index (χ0n) is 22.3. The van der Waals surface area contributed by atoms with Gasteiger partial charge in [0, 0.05) is 29.6 Å². The lowest BCUT2D eigenvalue weighted by Gasteiger charge is -2.15. The van der Waals surface area contributed by atoms with Crippen LogP contribution in [0.4, 0.5) is 37.7 Å². The third-order valence-electron chi connectivity index (χ3n) is 6.10. The molecule has 0 aliphatic carbocycles. The number of rotatable bonds is 7. The molecule has 0 fully saturated rings. The highest BCUT2D eigenvalue weighted by atomic mass is 19.4. The van der Waals surface area contributed by atoms with Crippen LogP contribution in [0.2, 0.25) is 0 Å². The second-order valence-electron chi connectivity index (χ2n) is 9.68. The third-order valence-corrected chi connectivity index (χ3v) is 6.10. The minimum absolute atomic E-state index is 0.0844. The van der Waals surface area contributed by atoms with Crippen LogP contribution in [0.1, 0.15) is 72.9 Å². The van der Waals surface area contributed by atoms with E-state index in [0.717, 1.165) is 36.7 Å². The lowest BCUT2D eigenvalue weighted by molar-refractivity contribution is -0.138. The standard InChI is InChI=1S/C29H28F6N2O3/c1-15(2)22-10-19(28(30,31)32)8-17(26(22)38)13-36-24-7-6-21(40-5)12-25(24)37-14-18-9-20(29(33,34)35)11-23(16(3)4)27(18)39/h6-16,38-39H,1-5H3. The van der Waals surface area contributed by atoms with Crippen LogP contribution in [0.3, 0.4) is 0 Å². The number of hydrogen-bond donors (Lipinski definition) is 2. The summed E-state index contributed by atoms with van der Waals surface area (Å²) in [6.07, 6.45) is -7.22. The van der Waals surface area contributed by atoms with Crippen molar-refractivity contribution in [3.05, 3.63) is 75.8 Å². The summed E-state index contributed by atoms with van der Waals surface area (Å²) in [5, 5.41) is 21.2. The van der Waals surface area contributed by atoms with E-state index in [9.17, 15) is 36.6 Å². The maximum absolute atomic E-state index is 13.5. The average Bonchev–Trinajstić information content (AvgIpc) is 2.85. The molecule has 0 bridgehead atoms. The van der Waals surface area contributed by atoms with E-state index in [1.807, 2.05) is 0 Å². The van der Waals surface area contributed by atoms with Gasteiger partial charge in [-0.15, -0.1) is 0 Å². The first-order chi connectivity index (χ1) is 18.5. The fourth-order valence-corrected chi connectivity index (χ4v) is 3.89. The molecule has 0 aliphatic rings. The van der Waals surface area contributed by atoms with Gasteiger partial charge in [-0.2, -0.15) is 26.3 Å². The summed E-state index contributed by atoms with van der Waals surface area (Å²) < 4.78 is 86.1. The fraction of sp³-hybridized carbons (Fsp3) is 0.310. The number of hydrogen-bond acceptors (Lipinski definition) is 5. The number of nitrogens with zero attached hydrogens (tertiary/aromatic N) is 2. The predicted octanol–water partition coefficient (Wildman–Crippen LogP) is 8.89. The zero-order valence-corrected chi connectivity index (χ0v) is 22.3. The Hall–Kier alpha value is -4.02. The van der Waals surface area contributed by atoms with Crippen LogP contribution in [0, 0.1) is 0 Å². The fourth-order valence-electron chi connectivity index (χ4n) is 3.89. The van der Waals surface area contributed by atoms with Gasteiger partial charge in [0.25, 0.3) is 0 Å². The van der Waals surface area contributed by atoms with Gasteiger partial charge in [0.1, 0.15) is 17.2 Å². The maximum atomic E-state index is 13.5. The largest absolute Gasteiger partial charge is 0.507 e. The molecule has 5 nitrogen and oxygen atoms in total. The van der Waals surface area contributed by atoms with Crippen LogP contribution in [-0.4, -0.2) is 29.8 Å². The van der Waals surface area contributed by atoms with Crippen molar-refractivity contribution in [1.29, 1.82) is 0 Å². The molecular formula is C29H28F6N2O3. The van der Waals surface area contributed by atoms with Gasteiger partial charge < -0.3 is 14.9 Å². The molecule has 0 spiro atoms. The van der Waals surface area contributed by atoms with Crippen LogP contribution in [0.5, 0.6) is 17.2 Å². The smallest absolute Gasteiger partial charge is 0.416 e. The molecule has 0 unspecified atom stereocenters. The lowest BCUT2D eigenvalue weighted by Crippen LogP contribution is -2.08. The molecule has 0 saturated carbocycles. The number of phenols is 2. The highest BCUT2D eigenvalue weighted by Gasteiger charge is 2.33. The highest BCUT2D eigenvalue weighted by molar-refractivity contribution is 5.90. The van der Waals surface area contributed by atoms with Crippen LogP contribution in [0.25, 0.3) is 0 Å². The Morgan fingerprint density at radius 3 is 1.48 bits per heavy atom. The monoisotopic (exact) mass is 566 g/mol. The number of alkyl halides is 6. The number of methoxy groups -OCH3 is 1. The van der Waals surface area contributed by atoms with E-state index in [1.165, 1.54) is 25.3 Å². The first-order valence-electron chi connectivity index (χ1n) is 12.2. The Morgan fingerprint density at radius 2 is 1.10 bits per heavy atom. The highest BCUT2D eigenvalue weighted by Crippen LogP contribution is 2.39. The Morgan fingerprint density at radius 1 is 0.675 bits per heavy atom. The molecule has 3 aromatic rings. The van der Waals surface area contributed by atoms with Gasteiger partial charge >= 0.3 is 12.4 Å². The minimum atomic E-state index is -4.66. The van der Waals surface area contributed by atoms with Crippen molar-refractivity contribution in [3.8, 4) is 17.2 Å². The molecule has 0 saturated heterocycles. The number of aliphatic imine (C=N–C) groups is 2. The van der Waals surface area contributed by atoms with Crippen molar-refractivity contribution in [2.24, 2.45) is 9.98 Å². The molecule has 0 heterocycles. The number of ether oxygens (including phenoxy) is 1. The van der Waals surface area contributed by atoms with Gasteiger partial charge in [-0.25, -0.2) is 0 Å². The van der Waals surface area contributed by atoms with Gasteiger partial charge in [-0.05, 0) is 59.4 Å². The Kier molecular flexibility index (Phi) is 8.86. The van der Waals surface area contributed by atoms with Crippen molar-refractivity contribution in [3.63, 3.8) is 0 Å². The number of aromatic hydroxyl groups is 2. The van der Waals surface area contributed by atoms with E-state index in [1.54, 1.807) is 27.7 Å². The maximum Gasteiger partial charge on any atom is 0.416 e. The predicted molar refractivity (Wildman–Crippen MR) is 142 cm³/mol. The van der Waals surface area contributed by atoms with E-state index >= 15 is 0 Å². The Bertz CT molecular complexity index is 1440. The molecule has 40 heavy (non-hydrogen) atoms. The van der Waals surface area contributed by atoms with E-state index in [4.69, 9.17) is 4.74 Å². The van der Waals surface area contributed by atoms with Gasteiger partial charge in [-0.3, -0.25) is 9.98 Å². The van der Waals surface area contributed by atoms with Crippen LogP contribution < -0.4 is 4.74 Å². The second-order valence-corrected chi connectivity index (χ2v) is 9.68. The molecular weight excluding hydrogens is 538 g/mol. The summed E-state index contributed by atoms with van der Waals surface area (Å²) in [7, 11) is 1.38. The molecule has 3 rings (SSSR count). The summed E-state index contributed by atoms with van der Waals surface area (Å²) in [5.41, 5.74) is -1.89. The third kappa shape index (κ3) is 6.94. The summed E-state index contributed by atoms with van der Waals surface area (Å²) in [6.45, 7) is 6.55. The summed E-state index contributed by atoms with van der Waals surface area (Å²) in [5.74, 6) is -1.23. The molecule has 0 aliphatic heterocycles. The first-order valence-corrected chi connectivity index (χ1v) is 12.2. The molecule has 0 radical (unpaired) electrons. The van der Waals surface area contributed by atoms with Crippen molar-refractivity contribution in [1.82, 2.24) is 0 Å². The summed E-state index contributed by atoms with van der Waals surface area (Å²) in [4.78, 5) is 8.43. The van der Waals surface area contributed by atoms with Crippen LogP contribution >= 0.6 is 0 Å². The quantitative estimate of drug-likeness (QED) is 0.222. The van der Waals surface area contributed by atoms with Crippen molar-refractivity contribution < 1.29 is 41.3 Å². The van der Waals surface area contributed by atoms with Crippen molar-refractivity contribution >= 4 is 23.8 Å². The van der Waals surface area contributed by atoms with E-state index in [2.05, 4.69) is 9.98 Å². The molecule has 3 aromatic carbocycles. The van der Waals surface area contributed by atoms with Gasteiger partial charge in [0.05, 0.1) is 29.6 Å². The molecule has 0 amide bonds. The lowest BCUT2D eigenvalue weighted by atomic mass is 9.96.